The summed E-state index contributed by atoms with van der Waals surface area (Å²) in [6, 6.07) is 5.62. The molecule has 1 aliphatic carbocycles. The summed E-state index contributed by atoms with van der Waals surface area (Å²) in [5.74, 6) is 1.02. The third kappa shape index (κ3) is 4.09. The number of fused-ring (bicyclic) bond motifs is 1. The number of nitrogens with one attached hydrogen (secondary N) is 2. The summed E-state index contributed by atoms with van der Waals surface area (Å²) >= 11 is 0. The van der Waals surface area contributed by atoms with E-state index in [2.05, 4.69) is 30.8 Å². The molecule has 3 aromatic rings. The van der Waals surface area contributed by atoms with Crippen molar-refractivity contribution in [2.45, 2.75) is 51.3 Å². The number of hydrogen-bond acceptors (Lipinski definition) is 8. The van der Waals surface area contributed by atoms with Crippen LogP contribution < -0.4 is 10.6 Å². The topological polar surface area (TPSA) is 126 Å². The van der Waals surface area contributed by atoms with Crippen molar-refractivity contribution in [3.8, 4) is 0 Å². The van der Waals surface area contributed by atoms with Crippen molar-refractivity contribution >= 4 is 22.8 Å². The Morgan fingerprint density at radius 3 is 2.82 bits per heavy atom. The van der Waals surface area contributed by atoms with Crippen LogP contribution in [0.15, 0.2) is 28.8 Å². The number of anilines is 1. The molecule has 1 saturated carbocycles. The molecule has 3 N–H and O–H groups in total. The highest BCUT2D eigenvalue weighted by atomic mass is 16.4. The first-order valence-electron chi connectivity index (χ1n) is 9.36. The molecule has 0 aliphatic heterocycles. The molecule has 9 nitrogen and oxygen atoms in total. The van der Waals surface area contributed by atoms with E-state index in [1.165, 1.54) is 0 Å². The van der Waals surface area contributed by atoms with Crippen molar-refractivity contribution in [1.82, 2.24) is 25.5 Å². The van der Waals surface area contributed by atoms with Crippen LogP contribution in [0.1, 0.15) is 47.8 Å². The number of carbonyl (C=O) groups excluding carboxylic acids is 1. The summed E-state index contributed by atoms with van der Waals surface area (Å²) in [7, 11) is 0. The monoisotopic (exact) mass is 382 g/mol. The number of hydrogen-bond donors (Lipinski definition) is 3. The molecule has 146 valence electrons. The number of nitrogens with zero attached hydrogens (tertiary/aromatic N) is 4. The fraction of sp³-hybridized carbons (Fsp3) is 0.421. The van der Waals surface area contributed by atoms with Crippen LogP contribution in [0.4, 0.5) is 5.95 Å². The standard InChI is InChI=1S/C19H22N6O3/c1-11-24-25-16(28-11)10-20-18(27)15-4-2-3-12-9-21-19(23-17(12)15)22-13-5-7-14(26)8-6-13/h2-4,9,13-14,26H,5-8,10H2,1H3,(H,20,27)(H,21,22,23). The number of para-hydroxylation sites is 1. The number of aliphatic hydroxyl groups excluding tert-OH is 1. The number of aromatic nitrogens is 4. The van der Waals surface area contributed by atoms with Gasteiger partial charge in [-0.2, -0.15) is 0 Å². The van der Waals surface area contributed by atoms with Gasteiger partial charge in [0, 0.05) is 24.5 Å². The van der Waals surface area contributed by atoms with E-state index in [1.54, 1.807) is 25.3 Å². The first-order chi connectivity index (χ1) is 13.6. The second kappa shape index (κ2) is 7.89. The van der Waals surface area contributed by atoms with Gasteiger partial charge in [0.25, 0.3) is 5.91 Å². The third-order valence-electron chi connectivity index (χ3n) is 4.85. The molecule has 0 bridgehead atoms. The predicted octanol–water partition coefficient (Wildman–Crippen LogP) is 1.97. The molecule has 28 heavy (non-hydrogen) atoms. The molecule has 0 saturated heterocycles. The van der Waals surface area contributed by atoms with Crippen LogP contribution >= 0.6 is 0 Å². The molecular weight excluding hydrogens is 360 g/mol. The van der Waals surface area contributed by atoms with E-state index in [-0.39, 0.29) is 24.6 Å². The molecule has 1 amide bonds. The third-order valence-corrected chi connectivity index (χ3v) is 4.85. The summed E-state index contributed by atoms with van der Waals surface area (Å²) in [6.45, 7) is 1.85. The van der Waals surface area contributed by atoms with E-state index in [9.17, 15) is 9.90 Å². The second-order valence-electron chi connectivity index (χ2n) is 6.98. The fourth-order valence-corrected chi connectivity index (χ4v) is 3.37. The van der Waals surface area contributed by atoms with Gasteiger partial charge in [-0.05, 0) is 31.7 Å². The summed E-state index contributed by atoms with van der Waals surface area (Å²) < 4.78 is 5.28. The van der Waals surface area contributed by atoms with Gasteiger partial charge in [0.1, 0.15) is 0 Å². The molecule has 1 aromatic carbocycles. The lowest BCUT2D eigenvalue weighted by atomic mass is 9.93. The smallest absolute Gasteiger partial charge is 0.253 e. The van der Waals surface area contributed by atoms with Crippen molar-refractivity contribution in [3.05, 3.63) is 41.7 Å². The van der Waals surface area contributed by atoms with Crippen molar-refractivity contribution < 1.29 is 14.3 Å². The van der Waals surface area contributed by atoms with Gasteiger partial charge in [-0.1, -0.05) is 12.1 Å². The minimum Gasteiger partial charge on any atom is -0.424 e. The molecule has 0 atom stereocenters. The predicted molar refractivity (Wildman–Crippen MR) is 102 cm³/mol. The lowest BCUT2D eigenvalue weighted by molar-refractivity contribution is 0.0948. The molecule has 1 fully saturated rings. The number of aliphatic hydroxyl groups is 1. The quantitative estimate of drug-likeness (QED) is 0.611. The summed E-state index contributed by atoms with van der Waals surface area (Å²) in [5, 5.41) is 24.2. The Kier molecular flexibility index (Phi) is 5.16. The molecule has 9 heteroatoms. The number of benzene rings is 1. The normalized spacial score (nSPS) is 19.5. The largest absolute Gasteiger partial charge is 0.424 e. The minimum atomic E-state index is -0.271. The van der Waals surface area contributed by atoms with E-state index in [4.69, 9.17) is 4.42 Å². The molecule has 4 rings (SSSR count). The van der Waals surface area contributed by atoms with E-state index >= 15 is 0 Å². The Balaban J connectivity index is 1.51. The van der Waals surface area contributed by atoms with Gasteiger partial charge in [-0.25, -0.2) is 9.97 Å². The lowest BCUT2D eigenvalue weighted by Gasteiger charge is -2.26. The molecule has 0 spiro atoms. The number of carbonyl (C=O) groups is 1. The fourth-order valence-electron chi connectivity index (χ4n) is 3.37. The average Bonchev–Trinajstić information content (AvgIpc) is 3.12. The molecule has 2 heterocycles. The van der Waals surface area contributed by atoms with Gasteiger partial charge in [-0.15, -0.1) is 10.2 Å². The van der Waals surface area contributed by atoms with Gasteiger partial charge in [-0.3, -0.25) is 4.79 Å². The summed E-state index contributed by atoms with van der Waals surface area (Å²) in [4.78, 5) is 21.6. The molecular formula is C19H22N6O3. The maximum atomic E-state index is 12.7. The van der Waals surface area contributed by atoms with E-state index in [0.29, 0.717) is 28.8 Å². The van der Waals surface area contributed by atoms with Crippen LogP contribution in [-0.4, -0.2) is 43.3 Å². The maximum Gasteiger partial charge on any atom is 0.253 e. The molecule has 0 unspecified atom stereocenters. The van der Waals surface area contributed by atoms with Gasteiger partial charge in [0.05, 0.1) is 23.7 Å². The SMILES string of the molecule is Cc1nnc(CNC(=O)c2cccc3cnc(NC4CCC(O)CC4)nc23)o1. The zero-order valence-corrected chi connectivity index (χ0v) is 15.6. The highest BCUT2D eigenvalue weighted by Gasteiger charge is 2.20. The van der Waals surface area contributed by atoms with Crippen LogP contribution in [0, 0.1) is 6.92 Å². The lowest BCUT2D eigenvalue weighted by Crippen LogP contribution is -2.29. The van der Waals surface area contributed by atoms with Gasteiger partial charge >= 0.3 is 0 Å². The molecule has 0 radical (unpaired) electrons. The Morgan fingerprint density at radius 1 is 1.25 bits per heavy atom. The number of aryl methyl sites for hydroxylation is 1. The Morgan fingerprint density at radius 2 is 2.07 bits per heavy atom. The van der Waals surface area contributed by atoms with E-state index < -0.39 is 0 Å². The first kappa shape index (κ1) is 18.3. The highest BCUT2D eigenvalue weighted by molar-refractivity contribution is 6.05. The Labute approximate surface area is 161 Å². The van der Waals surface area contributed by atoms with Crippen molar-refractivity contribution in [2.75, 3.05) is 5.32 Å². The average molecular weight is 382 g/mol. The van der Waals surface area contributed by atoms with Gasteiger partial charge in [0.2, 0.25) is 17.7 Å². The van der Waals surface area contributed by atoms with Crippen LogP contribution in [0.25, 0.3) is 10.9 Å². The van der Waals surface area contributed by atoms with Crippen molar-refractivity contribution in [2.24, 2.45) is 0 Å². The molecule has 1 aliphatic rings. The van der Waals surface area contributed by atoms with Crippen molar-refractivity contribution in [3.63, 3.8) is 0 Å². The summed E-state index contributed by atoms with van der Waals surface area (Å²) in [6.07, 6.45) is 4.78. The van der Waals surface area contributed by atoms with Gasteiger partial charge in [0.15, 0.2) is 0 Å². The Hall–Kier alpha value is -3.07. The van der Waals surface area contributed by atoms with Crippen LogP contribution in [-0.2, 0) is 6.54 Å². The van der Waals surface area contributed by atoms with Gasteiger partial charge < -0.3 is 20.2 Å². The highest BCUT2D eigenvalue weighted by Crippen LogP contribution is 2.22. The Bertz CT molecular complexity index is 981. The minimum absolute atomic E-state index is 0.149. The van der Waals surface area contributed by atoms with E-state index in [1.807, 2.05) is 6.07 Å². The number of rotatable bonds is 5. The second-order valence-corrected chi connectivity index (χ2v) is 6.98. The first-order valence-corrected chi connectivity index (χ1v) is 9.36. The van der Waals surface area contributed by atoms with Crippen LogP contribution in [0.3, 0.4) is 0 Å². The molecule has 2 aromatic heterocycles. The zero-order chi connectivity index (χ0) is 19.5. The maximum absolute atomic E-state index is 12.7. The zero-order valence-electron chi connectivity index (χ0n) is 15.6. The van der Waals surface area contributed by atoms with E-state index in [0.717, 1.165) is 31.1 Å². The van der Waals surface area contributed by atoms with Crippen molar-refractivity contribution in [1.29, 1.82) is 0 Å². The summed E-state index contributed by atoms with van der Waals surface area (Å²) in [5.41, 5.74) is 1.04. The number of amides is 1. The van der Waals surface area contributed by atoms with Crippen LogP contribution in [0.5, 0.6) is 0 Å². The van der Waals surface area contributed by atoms with Crippen LogP contribution in [0.2, 0.25) is 0 Å².